The Morgan fingerprint density at radius 3 is 2.11 bits per heavy atom. The van der Waals surface area contributed by atoms with E-state index in [0.717, 1.165) is 0 Å². The number of hydrogen-bond donors (Lipinski definition) is 1. The van der Waals surface area contributed by atoms with E-state index in [4.69, 9.17) is 5.11 Å². The fraction of sp³-hybridized carbons (Fsp3) is 0.500. The molecule has 0 amide bonds. The molecule has 0 aromatic rings. The molecule has 1 saturated heterocycles. The predicted octanol–water partition coefficient (Wildman–Crippen LogP) is 0.745. The van der Waals surface area contributed by atoms with Crippen LogP contribution in [-0.2, 0) is 23.9 Å². The predicted molar refractivity (Wildman–Crippen MR) is 61.8 cm³/mol. The second-order valence-electron chi connectivity index (χ2n) is 3.92. The highest BCUT2D eigenvalue weighted by atomic mass is 16.5. The van der Waals surface area contributed by atoms with E-state index in [0.29, 0.717) is 0 Å². The molecular weight excluding hydrogens is 240 g/mol. The first-order valence-corrected chi connectivity index (χ1v) is 5.30. The van der Waals surface area contributed by atoms with Gasteiger partial charge in [-0.3, -0.25) is 19.2 Å². The van der Waals surface area contributed by atoms with Crippen LogP contribution in [0, 0.1) is 5.92 Å². The van der Waals surface area contributed by atoms with Crippen LogP contribution in [0.25, 0.3) is 0 Å². The van der Waals surface area contributed by atoms with Gasteiger partial charge in [0.1, 0.15) is 12.4 Å². The summed E-state index contributed by atoms with van der Waals surface area (Å²) >= 11 is 0. The van der Waals surface area contributed by atoms with Crippen molar-refractivity contribution in [2.75, 3.05) is 6.61 Å². The topological polar surface area (TPSA) is 97.7 Å². The molecule has 0 saturated carbocycles. The lowest BCUT2D eigenvalue weighted by Gasteiger charge is -1.95. The van der Waals surface area contributed by atoms with Crippen molar-refractivity contribution in [3.8, 4) is 0 Å². The van der Waals surface area contributed by atoms with Crippen molar-refractivity contribution >= 4 is 23.5 Å². The third kappa shape index (κ3) is 6.57. The number of esters is 1. The van der Waals surface area contributed by atoms with E-state index in [1.165, 1.54) is 13.8 Å². The third-order valence-electron chi connectivity index (χ3n) is 2.30. The van der Waals surface area contributed by atoms with E-state index in [-0.39, 0.29) is 48.5 Å². The summed E-state index contributed by atoms with van der Waals surface area (Å²) in [7, 11) is 0. The molecule has 100 valence electrons. The number of ketones is 2. The summed E-state index contributed by atoms with van der Waals surface area (Å²) in [4.78, 5) is 41.2. The normalized spacial score (nSPS) is 17.2. The first kappa shape index (κ1) is 16.0. The molecule has 1 unspecified atom stereocenters. The van der Waals surface area contributed by atoms with Crippen LogP contribution in [-0.4, -0.2) is 35.2 Å². The molecule has 0 aliphatic carbocycles. The summed E-state index contributed by atoms with van der Waals surface area (Å²) in [6, 6.07) is 0. The Morgan fingerprint density at radius 1 is 1.39 bits per heavy atom. The van der Waals surface area contributed by atoms with Gasteiger partial charge in [-0.05, 0) is 19.4 Å². The Labute approximate surface area is 105 Å². The van der Waals surface area contributed by atoms with Gasteiger partial charge in [0, 0.05) is 0 Å². The zero-order valence-corrected chi connectivity index (χ0v) is 10.4. The molecule has 0 bridgehead atoms. The van der Waals surface area contributed by atoms with Gasteiger partial charge in [0.25, 0.3) is 0 Å². The van der Waals surface area contributed by atoms with E-state index in [2.05, 4.69) is 11.3 Å². The van der Waals surface area contributed by atoms with Crippen LogP contribution in [0.3, 0.4) is 0 Å². The number of ether oxygens (including phenoxy) is 1. The molecule has 0 aromatic heterocycles. The molecule has 18 heavy (non-hydrogen) atoms. The number of hydrogen-bond acceptors (Lipinski definition) is 5. The third-order valence-corrected chi connectivity index (χ3v) is 2.30. The van der Waals surface area contributed by atoms with Crippen molar-refractivity contribution < 1.29 is 29.0 Å². The van der Waals surface area contributed by atoms with E-state index in [1.54, 1.807) is 0 Å². The lowest BCUT2D eigenvalue weighted by atomic mass is 10.1. The number of aliphatic carboxylic acids is 1. The van der Waals surface area contributed by atoms with Gasteiger partial charge in [-0.1, -0.05) is 6.58 Å². The van der Waals surface area contributed by atoms with Crippen LogP contribution in [0.15, 0.2) is 12.2 Å². The maximum Gasteiger partial charge on any atom is 0.307 e. The number of rotatable bonds is 4. The first-order chi connectivity index (χ1) is 8.23. The summed E-state index contributed by atoms with van der Waals surface area (Å²) < 4.78 is 4.57. The Balaban J connectivity index is 0.000000321. The lowest BCUT2D eigenvalue weighted by molar-refractivity contribution is -0.138. The second kappa shape index (κ2) is 7.37. The van der Waals surface area contributed by atoms with Crippen molar-refractivity contribution in [1.82, 2.24) is 0 Å². The highest BCUT2D eigenvalue weighted by Crippen LogP contribution is 2.13. The van der Waals surface area contributed by atoms with Crippen LogP contribution in [0.1, 0.15) is 26.7 Å². The molecule has 1 heterocycles. The zero-order chi connectivity index (χ0) is 14.3. The molecule has 1 aliphatic rings. The number of carbonyl (C=O) groups is 4. The minimum atomic E-state index is -1.02. The first-order valence-electron chi connectivity index (χ1n) is 5.30. The van der Waals surface area contributed by atoms with Gasteiger partial charge in [-0.25, -0.2) is 0 Å². The fourth-order valence-corrected chi connectivity index (χ4v) is 1.08. The molecule has 6 heteroatoms. The van der Waals surface area contributed by atoms with Gasteiger partial charge in [0.2, 0.25) is 0 Å². The van der Waals surface area contributed by atoms with Crippen LogP contribution in [0.2, 0.25) is 0 Å². The minimum absolute atomic E-state index is 0.0425. The molecule has 0 radical (unpaired) electrons. The van der Waals surface area contributed by atoms with Gasteiger partial charge in [-0.15, -0.1) is 0 Å². The van der Waals surface area contributed by atoms with E-state index in [9.17, 15) is 19.2 Å². The monoisotopic (exact) mass is 256 g/mol. The summed E-state index contributed by atoms with van der Waals surface area (Å²) in [5, 5.41) is 8.12. The highest BCUT2D eigenvalue weighted by molar-refractivity contribution is 5.96. The van der Waals surface area contributed by atoms with Crippen molar-refractivity contribution in [2.45, 2.75) is 26.7 Å². The van der Waals surface area contributed by atoms with Gasteiger partial charge < -0.3 is 9.84 Å². The molecule has 0 spiro atoms. The highest BCUT2D eigenvalue weighted by Gasteiger charge is 2.26. The number of carboxylic acids is 1. The zero-order valence-electron chi connectivity index (χ0n) is 10.4. The molecule has 1 rings (SSSR count). The Bertz CT molecular complexity index is 382. The molecule has 1 atom stereocenters. The molecule has 1 aliphatic heterocycles. The molecule has 1 N–H and O–H groups in total. The summed E-state index contributed by atoms with van der Waals surface area (Å²) in [5.41, 5.74) is 0.141. The molecule has 6 nitrogen and oxygen atoms in total. The van der Waals surface area contributed by atoms with E-state index in [1.807, 2.05) is 0 Å². The van der Waals surface area contributed by atoms with Gasteiger partial charge in [0.05, 0.1) is 18.8 Å². The van der Waals surface area contributed by atoms with E-state index < -0.39 is 5.97 Å². The standard InChI is InChI=1S/2C6H8O3/c1-4(7)5-2-6(8)9-3-5;1-4(5(2)7)3-6(8)9/h5H,2-3H2,1H3;1,3H2,2H3,(H,8,9). The maximum absolute atomic E-state index is 10.6. The van der Waals surface area contributed by atoms with Crippen LogP contribution >= 0.6 is 0 Å². The number of carboxylic acid groups (broad SMARTS) is 1. The fourth-order valence-electron chi connectivity index (χ4n) is 1.08. The van der Waals surface area contributed by atoms with Gasteiger partial charge in [-0.2, -0.15) is 0 Å². The molecule has 1 fully saturated rings. The van der Waals surface area contributed by atoms with Crippen molar-refractivity contribution in [3.63, 3.8) is 0 Å². The van der Waals surface area contributed by atoms with Crippen molar-refractivity contribution in [3.05, 3.63) is 12.2 Å². The number of cyclic esters (lactones) is 1. The van der Waals surface area contributed by atoms with Crippen LogP contribution in [0.4, 0.5) is 0 Å². The lowest BCUT2D eigenvalue weighted by Crippen LogP contribution is -2.09. The van der Waals surface area contributed by atoms with Gasteiger partial charge >= 0.3 is 11.9 Å². The summed E-state index contributed by atoms with van der Waals surface area (Å²) in [6.07, 6.45) is 0.0185. The Morgan fingerprint density at radius 2 is 1.94 bits per heavy atom. The van der Waals surface area contributed by atoms with Crippen LogP contribution in [0.5, 0.6) is 0 Å². The van der Waals surface area contributed by atoms with Crippen LogP contribution < -0.4 is 0 Å². The largest absolute Gasteiger partial charge is 0.481 e. The van der Waals surface area contributed by atoms with E-state index >= 15 is 0 Å². The average Bonchev–Trinajstić information content (AvgIpc) is 2.64. The maximum atomic E-state index is 10.6. The molecular formula is C12H16O6. The second-order valence-corrected chi connectivity index (χ2v) is 3.92. The molecule has 0 aromatic carbocycles. The average molecular weight is 256 g/mol. The van der Waals surface area contributed by atoms with Crippen molar-refractivity contribution in [2.24, 2.45) is 5.92 Å². The number of Topliss-reactive ketones (excluding diaryl/α,β-unsaturated/α-hetero) is 2. The summed E-state index contributed by atoms with van der Waals surface area (Å²) in [5.74, 6) is -1.67. The van der Waals surface area contributed by atoms with Gasteiger partial charge in [0.15, 0.2) is 5.78 Å². The number of carbonyl (C=O) groups excluding carboxylic acids is 3. The Hall–Kier alpha value is -1.98. The smallest absolute Gasteiger partial charge is 0.307 e. The van der Waals surface area contributed by atoms with Crippen molar-refractivity contribution in [1.29, 1.82) is 0 Å². The Kier molecular flexibility index (Phi) is 6.56. The minimum Gasteiger partial charge on any atom is -0.481 e. The SMILES string of the molecule is C=C(CC(=O)O)C(C)=O.CC(=O)C1COC(=O)C1. The summed E-state index contributed by atoms with van der Waals surface area (Å²) in [6.45, 7) is 6.33. The quantitative estimate of drug-likeness (QED) is 0.588.